The maximum atomic E-state index is 8.74. The van der Waals surface area contributed by atoms with Gasteiger partial charge in [0.2, 0.25) is 0 Å². The lowest BCUT2D eigenvalue weighted by atomic mass is 10.2. The molecule has 1 saturated heterocycles. The fourth-order valence-electron chi connectivity index (χ4n) is 2.09. The largest absolute Gasteiger partial charge is 0.394 e. The van der Waals surface area contributed by atoms with Crippen molar-refractivity contribution in [1.29, 1.82) is 0 Å². The Morgan fingerprint density at radius 1 is 1.32 bits per heavy atom. The van der Waals surface area contributed by atoms with Crippen LogP contribution in [0.3, 0.4) is 0 Å². The molecule has 0 bridgehead atoms. The number of nitrogens with zero attached hydrogens (tertiary/aromatic N) is 1. The van der Waals surface area contributed by atoms with Crippen LogP contribution in [-0.2, 0) is 19.9 Å². The second kappa shape index (κ2) is 6.48. The van der Waals surface area contributed by atoms with Crippen LogP contribution < -0.4 is 11.5 Å². The highest BCUT2D eigenvalue weighted by Gasteiger charge is 2.43. The number of hydrogen-bond acceptors (Lipinski definition) is 5. The van der Waals surface area contributed by atoms with E-state index in [1.807, 2.05) is 0 Å². The van der Waals surface area contributed by atoms with Gasteiger partial charge >= 0.3 is 10.4 Å². The first-order valence-corrected chi connectivity index (χ1v) is 7.17. The summed E-state index contributed by atoms with van der Waals surface area (Å²) in [5, 5.41) is 0. The summed E-state index contributed by atoms with van der Waals surface area (Å²) in [4.78, 5) is 3.93. The van der Waals surface area contributed by atoms with E-state index >= 15 is 0 Å². The summed E-state index contributed by atoms with van der Waals surface area (Å²) >= 11 is 0. The van der Waals surface area contributed by atoms with Crippen LogP contribution in [0.15, 0.2) is 4.99 Å². The van der Waals surface area contributed by atoms with Gasteiger partial charge in [0.1, 0.15) is 6.10 Å². The van der Waals surface area contributed by atoms with Gasteiger partial charge in [-0.05, 0) is 12.8 Å². The van der Waals surface area contributed by atoms with Crippen molar-refractivity contribution in [3.05, 3.63) is 0 Å². The molecule has 1 aliphatic heterocycles. The summed E-state index contributed by atoms with van der Waals surface area (Å²) in [5.74, 6) is -0.190. The Bertz CT molecular complexity index is 406. The molecule has 0 aromatic carbocycles. The SMILES string of the molecule is NC(N)=NCC1COC2(CCCC2)O1.O=S(=O)(O)O. The van der Waals surface area contributed by atoms with Gasteiger partial charge < -0.3 is 20.9 Å². The minimum atomic E-state index is -4.67. The van der Waals surface area contributed by atoms with Crippen LogP contribution in [0, 0.1) is 0 Å². The van der Waals surface area contributed by atoms with Gasteiger partial charge in [0.25, 0.3) is 0 Å². The minimum absolute atomic E-state index is 0.0233. The van der Waals surface area contributed by atoms with Crippen LogP contribution in [0.4, 0.5) is 0 Å². The van der Waals surface area contributed by atoms with E-state index in [9.17, 15) is 0 Å². The van der Waals surface area contributed by atoms with Crippen molar-refractivity contribution in [1.82, 2.24) is 0 Å². The lowest BCUT2D eigenvalue weighted by Gasteiger charge is -2.21. The summed E-state index contributed by atoms with van der Waals surface area (Å²) in [6.07, 6.45) is 4.41. The number of hydrogen-bond donors (Lipinski definition) is 4. The van der Waals surface area contributed by atoms with Crippen molar-refractivity contribution in [3.63, 3.8) is 0 Å². The quantitative estimate of drug-likeness (QED) is 0.296. The summed E-state index contributed by atoms with van der Waals surface area (Å²) < 4.78 is 43.1. The molecule has 1 spiro atoms. The van der Waals surface area contributed by atoms with E-state index in [-0.39, 0.29) is 17.9 Å². The number of guanidine groups is 1. The smallest absolute Gasteiger partial charge is 0.370 e. The van der Waals surface area contributed by atoms with Gasteiger partial charge in [0, 0.05) is 12.8 Å². The Morgan fingerprint density at radius 3 is 2.32 bits per heavy atom. The molecule has 2 fully saturated rings. The van der Waals surface area contributed by atoms with Gasteiger partial charge in [-0.15, -0.1) is 0 Å². The van der Waals surface area contributed by atoms with Crippen molar-refractivity contribution in [3.8, 4) is 0 Å². The van der Waals surface area contributed by atoms with Gasteiger partial charge in [-0.2, -0.15) is 8.42 Å². The van der Waals surface area contributed by atoms with Crippen LogP contribution >= 0.6 is 0 Å². The summed E-state index contributed by atoms with van der Waals surface area (Å²) in [6, 6.07) is 0. The van der Waals surface area contributed by atoms with Crippen LogP contribution in [0.5, 0.6) is 0 Å². The molecule has 1 atom stereocenters. The number of rotatable bonds is 2. The maximum Gasteiger partial charge on any atom is 0.394 e. The highest BCUT2D eigenvalue weighted by atomic mass is 32.3. The third-order valence-corrected chi connectivity index (χ3v) is 2.76. The molecule has 1 aliphatic carbocycles. The lowest BCUT2D eigenvalue weighted by Crippen LogP contribution is -2.28. The van der Waals surface area contributed by atoms with E-state index in [1.54, 1.807) is 0 Å². The zero-order valence-corrected chi connectivity index (χ0v) is 11.2. The zero-order valence-electron chi connectivity index (χ0n) is 10.4. The number of aliphatic imine (C=N–C) groups is 1. The van der Waals surface area contributed by atoms with E-state index in [1.165, 1.54) is 12.8 Å². The van der Waals surface area contributed by atoms with Gasteiger partial charge in [-0.25, -0.2) is 0 Å². The second-order valence-electron chi connectivity index (χ2n) is 4.38. The predicted octanol–water partition coefficient (Wildman–Crippen LogP) is -0.707. The van der Waals surface area contributed by atoms with Gasteiger partial charge in [-0.3, -0.25) is 14.1 Å². The molecule has 2 aliphatic rings. The monoisotopic (exact) mass is 297 g/mol. The Morgan fingerprint density at radius 2 is 1.84 bits per heavy atom. The first-order chi connectivity index (χ1) is 8.70. The molecule has 6 N–H and O–H groups in total. The normalized spacial score (nSPS) is 24.8. The van der Waals surface area contributed by atoms with E-state index in [2.05, 4.69) is 4.99 Å². The molecule has 0 aromatic heterocycles. The van der Waals surface area contributed by atoms with E-state index in [4.69, 9.17) is 38.5 Å². The highest BCUT2D eigenvalue weighted by molar-refractivity contribution is 7.79. The second-order valence-corrected chi connectivity index (χ2v) is 5.28. The molecule has 1 unspecified atom stereocenters. The first kappa shape index (κ1) is 16.1. The first-order valence-electron chi connectivity index (χ1n) is 5.77. The van der Waals surface area contributed by atoms with Crippen LogP contribution in [0.2, 0.25) is 0 Å². The molecule has 0 amide bonds. The molecule has 9 nitrogen and oxygen atoms in total. The van der Waals surface area contributed by atoms with Crippen molar-refractivity contribution >= 4 is 16.4 Å². The molecular weight excluding hydrogens is 278 g/mol. The average molecular weight is 297 g/mol. The van der Waals surface area contributed by atoms with Crippen LogP contribution in [0.1, 0.15) is 25.7 Å². The van der Waals surface area contributed by atoms with E-state index < -0.39 is 10.4 Å². The highest BCUT2D eigenvalue weighted by Crippen LogP contribution is 2.39. The molecule has 1 saturated carbocycles. The van der Waals surface area contributed by atoms with Crippen molar-refractivity contribution in [2.75, 3.05) is 13.2 Å². The fraction of sp³-hybridized carbons (Fsp3) is 0.889. The van der Waals surface area contributed by atoms with Gasteiger partial charge in [-0.1, -0.05) is 0 Å². The van der Waals surface area contributed by atoms with E-state index in [0.29, 0.717) is 13.2 Å². The topological polar surface area (TPSA) is 157 Å². The van der Waals surface area contributed by atoms with Crippen LogP contribution in [0.25, 0.3) is 0 Å². The van der Waals surface area contributed by atoms with Gasteiger partial charge in [0.15, 0.2) is 11.7 Å². The standard InChI is InChI=1S/C9H17N3O2.H2O4S/c10-8(11)12-5-7-6-13-9(14-7)3-1-2-4-9;1-5(2,3)4/h7H,1-6H2,(H4,10,11,12);(H2,1,2,3,4). The molecule has 19 heavy (non-hydrogen) atoms. The molecular formula is C9H19N3O6S. The molecule has 112 valence electrons. The van der Waals surface area contributed by atoms with Crippen molar-refractivity contribution < 1.29 is 27.0 Å². The molecule has 10 heteroatoms. The molecule has 0 aromatic rings. The third kappa shape index (κ3) is 6.68. The summed E-state index contributed by atoms with van der Waals surface area (Å²) in [5.41, 5.74) is 10.5. The Kier molecular flexibility index (Phi) is 5.50. The Hall–Kier alpha value is -0.940. The zero-order chi connectivity index (χ0) is 14.5. The lowest BCUT2D eigenvalue weighted by molar-refractivity contribution is -0.160. The summed E-state index contributed by atoms with van der Waals surface area (Å²) in [7, 11) is -4.67. The van der Waals surface area contributed by atoms with Crippen molar-refractivity contribution in [2.45, 2.75) is 37.6 Å². The summed E-state index contributed by atoms with van der Waals surface area (Å²) in [6.45, 7) is 1.11. The number of nitrogens with two attached hydrogens (primary N) is 2. The van der Waals surface area contributed by atoms with Crippen LogP contribution in [-0.4, -0.2) is 48.5 Å². The Balaban J connectivity index is 0.000000312. The molecule has 0 radical (unpaired) electrons. The molecule has 1 heterocycles. The van der Waals surface area contributed by atoms with E-state index in [0.717, 1.165) is 12.8 Å². The fourth-order valence-corrected chi connectivity index (χ4v) is 2.09. The minimum Gasteiger partial charge on any atom is -0.370 e. The number of ether oxygens (including phenoxy) is 2. The van der Waals surface area contributed by atoms with Gasteiger partial charge in [0.05, 0.1) is 13.2 Å². The average Bonchev–Trinajstić information content (AvgIpc) is 2.85. The Labute approximate surface area is 111 Å². The predicted molar refractivity (Wildman–Crippen MR) is 66.9 cm³/mol. The third-order valence-electron chi connectivity index (χ3n) is 2.76. The van der Waals surface area contributed by atoms with Crippen molar-refractivity contribution in [2.24, 2.45) is 16.5 Å². The maximum absolute atomic E-state index is 8.74. The molecule has 2 rings (SSSR count).